The molecule has 0 aliphatic carbocycles. The first-order valence-corrected chi connectivity index (χ1v) is 17.7. The van der Waals surface area contributed by atoms with Gasteiger partial charge in [-0.3, -0.25) is 29.9 Å². The van der Waals surface area contributed by atoms with E-state index < -0.39 is 35.2 Å². The van der Waals surface area contributed by atoms with Crippen molar-refractivity contribution >= 4 is 63.3 Å². The largest absolute Gasteiger partial charge is 0.422 e. The number of hydrogen-bond donors (Lipinski definition) is 1. The van der Waals surface area contributed by atoms with Gasteiger partial charge in [-0.1, -0.05) is 13.8 Å². The van der Waals surface area contributed by atoms with Crippen molar-refractivity contribution in [2.45, 2.75) is 34.6 Å². The van der Waals surface area contributed by atoms with Gasteiger partial charge < -0.3 is 21.1 Å². The number of hydrogen-bond acceptors (Lipinski definition) is 8. The summed E-state index contributed by atoms with van der Waals surface area (Å²) in [5.41, 5.74) is 0.663. The SMILES string of the molecule is CCN(CC)c1ccc2cc(C(=O)Nc3cc(N4C(=O)C=C(C)C4=O)cc(N4C(=O)C=C(C(C)C)C4=O)c3)c(=O)oc2c1.[C-]#CC#CC#CC#CC#CC#CC#CC#C.[Y]. The van der Waals surface area contributed by atoms with Gasteiger partial charge in [0.25, 0.3) is 29.5 Å². The Balaban J connectivity index is 0.000000481. The molecule has 0 atom stereocenters. The molecule has 5 rings (SSSR count). The first kappa shape index (κ1) is 46.6. The third-order valence-corrected chi connectivity index (χ3v) is 8.26. The molecular formula is C48H31N4O7Y-. The van der Waals surface area contributed by atoms with Crippen LogP contribution in [0.5, 0.6) is 0 Å². The van der Waals surface area contributed by atoms with E-state index in [1.165, 1.54) is 43.3 Å². The van der Waals surface area contributed by atoms with E-state index in [0.29, 0.717) is 16.5 Å². The predicted octanol–water partition coefficient (Wildman–Crippen LogP) is 4.39. The number of carbonyl (C=O) groups is 5. The normalized spacial score (nSPS) is 11.8. The molecule has 2 aromatic carbocycles. The van der Waals surface area contributed by atoms with Gasteiger partial charge in [0.05, 0.1) is 11.4 Å². The molecular weight excluding hydrogens is 833 g/mol. The third kappa shape index (κ3) is 11.7. The topological polar surface area (TPSA) is 137 Å². The number of benzene rings is 2. The Hall–Kier alpha value is -7.74. The molecule has 289 valence electrons. The Morgan fingerprint density at radius 3 is 1.78 bits per heavy atom. The molecule has 2 aliphatic heterocycles. The Kier molecular flexibility index (Phi) is 17.3. The molecule has 11 nitrogen and oxygen atoms in total. The molecule has 3 heterocycles. The van der Waals surface area contributed by atoms with Gasteiger partial charge in [-0.15, -0.1) is 12.3 Å². The van der Waals surface area contributed by atoms with Gasteiger partial charge >= 0.3 is 5.63 Å². The van der Waals surface area contributed by atoms with Crippen molar-refractivity contribution in [1.82, 2.24) is 0 Å². The third-order valence-electron chi connectivity index (χ3n) is 8.26. The zero-order valence-corrected chi connectivity index (χ0v) is 35.9. The van der Waals surface area contributed by atoms with E-state index in [-0.39, 0.29) is 66.8 Å². The van der Waals surface area contributed by atoms with Crippen LogP contribution in [-0.2, 0) is 51.9 Å². The van der Waals surface area contributed by atoms with Crippen molar-refractivity contribution in [2.24, 2.45) is 5.92 Å². The average molecular weight is 865 g/mol. The zero-order valence-electron chi connectivity index (χ0n) is 33.0. The number of fused-ring (bicyclic) bond motifs is 1. The van der Waals surface area contributed by atoms with Gasteiger partial charge in [0.15, 0.2) is 0 Å². The van der Waals surface area contributed by atoms with Gasteiger partial charge in [0.2, 0.25) is 0 Å². The van der Waals surface area contributed by atoms with Crippen LogP contribution in [-0.4, -0.2) is 42.6 Å². The van der Waals surface area contributed by atoms with Crippen LogP contribution in [0.2, 0.25) is 0 Å². The van der Waals surface area contributed by atoms with Gasteiger partial charge in [0.1, 0.15) is 11.1 Å². The van der Waals surface area contributed by atoms with E-state index in [1.807, 2.05) is 25.8 Å². The maximum Gasteiger partial charge on any atom is 0.349 e. The van der Waals surface area contributed by atoms with Crippen LogP contribution in [0.15, 0.2) is 75.0 Å². The van der Waals surface area contributed by atoms with Crippen LogP contribution in [0.4, 0.5) is 22.7 Å². The second-order valence-corrected chi connectivity index (χ2v) is 12.3. The number of rotatable bonds is 8. The molecule has 5 amide bonds. The summed E-state index contributed by atoms with van der Waals surface area (Å²) in [6, 6.07) is 10.8. The Morgan fingerprint density at radius 1 is 0.767 bits per heavy atom. The van der Waals surface area contributed by atoms with Crippen LogP contribution in [0.3, 0.4) is 0 Å². The minimum Gasteiger partial charge on any atom is -0.422 e. The standard InChI is InChI=1S/C32H30N4O7.C16H.Y/c1-6-34(7-2)21-9-8-19-11-25(32(42)43-26(19)15-21)29(39)33-20-12-22(35-27(37)10-18(5)30(35)40)14-23(13-20)36-28(38)16-24(17(3)4)31(36)41;1-3-5-7-9-11-13-15-16-14-12-10-8-6-4-2;/h8-17H,6-7H2,1-5H3,(H,33,39);1H;/q;-1;. The van der Waals surface area contributed by atoms with E-state index in [0.717, 1.165) is 28.6 Å². The number of amides is 5. The number of nitrogens with zero attached hydrogens (tertiary/aromatic N) is 3. The van der Waals surface area contributed by atoms with E-state index in [4.69, 9.17) is 17.3 Å². The molecule has 0 unspecified atom stereocenters. The summed E-state index contributed by atoms with van der Waals surface area (Å²) >= 11 is 0. The Bertz CT molecular complexity index is 2850. The van der Waals surface area contributed by atoms with Crippen molar-refractivity contribution in [1.29, 1.82) is 0 Å². The van der Waals surface area contributed by atoms with Crippen molar-refractivity contribution in [2.75, 3.05) is 33.1 Å². The molecule has 0 fully saturated rings. The summed E-state index contributed by atoms with van der Waals surface area (Å²) in [7, 11) is 0. The van der Waals surface area contributed by atoms with Gasteiger partial charge in [-0.25, -0.2) is 20.5 Å². The van der Waals surface area contributed by atoms with E-state index >= 15 is 0 Å². The first-order chi connectivity index (χ1) is 28.3. The van der Waals surface area contributed by atoms with Crippen molar-refractivity contribution in [3.05, 3.63) is 88.2 Å². The Morgan fingerprint density at radius 2 is 1.30 bits per heavy atom. The minimum atomic E-state index is -0.863. The van der Waals surface area contributed by atoms with Crippen molar-refractivity contribution < 1.29 is 61.1 Å². The fourth-order valence-corrected chi connectivity index (χ4v) is 5.53. The molecule has 0 saturated heterocycles. The van der Waals surface area contributed by atoms with Gasteiger partial charge in [0, 0.05) is 91.9 Å². The predicted molar refractivity (Wildman–Crippen MR) is 225 cm³/mol. The van der Waals surface area contributed by atoms with Crippen LogP contribution in [0, 0.1) is 102 Å². The van der Waals surface area contributed by atoms with E-state index in [2.05, 4.69) is 87.2 Å². The quantitative estimate of drug-likeness (QED) is 0.153. The van der Waals surface area contributed by atoms with Gasteiger partial charge in [-0.05, 0) is 128 Å². The molecule has 1 N–H and O–H groups in total. The average Bonchev–Trinajstić information content (AvgIpc) is 3.65. The molecule has 1 aromatic heterocycles. The zero-order chi connectivity index (χ0) is 43.1. The van der Waals surface area contributed by atoms with E-state index in [9.17, 15) is 28.8 Å². The fraction of sp³-hybridized carbons (Fsp3) is 0.167. The Labute approximate surface area is 373 Å². The molecule has 0 bridgehead atoms. The molecule has 12 heteroatoms. The monoisotopic (exact) mass is 864 g/mol. The van der Waals surface area contributed by atoms with Crippen LogP contribution in [0.25, 0.3) is 11.0 Å². The minimum absolute atomic E-state index is 0. The summed E-state index contributed by atoms with van der Waals surface area (Å²) in [4.78, 5) is 81.6. The molecule has 60 heavy (non-hydrogen) atoms. The first-order valence-electron chi connectivity index (χ1n) is 17.7. The summed E-state index contributed by atoms with van der Waals surface area (Å²) in [5, 5.41) is 3.14. The number of nitrogens with one attached hydrogen (secondary N) is 1. The maximum atomic E-state index is 13.4. The number of carbonyl (C=O) groups excluding carboxylic acids is 5. The number of anilines is 4. The fourth-order valence-electron chi connectivity index (χ4n) is 5.53. The number of imide groups is 2. The summed E-state index contributed by atoms with van der Waals surface area (Å²) in [6.07, 6.45) is 13.7. The van der Waals surface area contributed by atoms with Crippen LogP contribution >= 0.6 is 0 Å². The second-order valence-electron chi connectivity index (χ2n) is 12.3. The molecule has 2 aliphatic rings. The number of terminal acetylenes is 1. The van der Waals surface area contributed by atoms with Crippen molar-refractivity contribution in [3.63, 3.8) is 0 Å². The molecule has 0 saturated carbocycles. The second kappa shape index (κ2) is 22.3. The summed E-state index contributed by atoms with van der Waals surface area (Å²) < 4.78 is 5.49. The molecule has 0 spiro atoms. The smallest absolute Gasteiger partial charge is 0.349 e. The molecule has 3 aromatic rings. The maximum absolute atomic E-state index is 13.4. The van der Waals surface area contributed by atoms with Crippen LogP contribution < -0.4 is 25.6 Å². The van der Waals surface area contributed by atoms with Gasteiger partial charge in [-0.2, -0.15) is 0 Å². The van der Waals surface area contributed by atoms with Crippen molar-refractivity contribution in [3.8, 4) is 89.3 Å². The summed E-state index contributed by atoms with van der Waals surface area (Å²) in [5.74, 6) is 29.3. The van der Waals surface area contributed by atoms with Crippen LogP contribution in [0.1, 0.15) is 45.0 Å². The van der Waals surface area contributed by atoms with E-state index in [1.54, 1.807) is 26.0 Å². The molecule has 1 radical (unpaired) electrons. The summed E-state index contributed by atoms with van der Waals surface area (Å²) in [6.45, 7) is 10.6.